The molecule has 0 saturated heterocycles. The van der Waals surface area contributed by atoms with Crippen molar-refractivity contribution in [1.29, 1.82) is 0 Å². The van der Waals surface area contributed by atoms with Crippen LogP contribution in [-0.4, -0.2) is 4.98 Å². The van der Waals surface area contributed by atoms with Crippen molar-refractivity contribution in [1.82, 2.24) is 4.98 Å². The Hall–Kier alpha value is -2.15. The number of fused-ring (bicyclic) bond motifs is 1. The molecule has 94 valence electrons. The second-order valence-electron chi connectivity index (χ2n) is 4.80. The van der Waals surface area contributed by atoms with E-state index in [9.17, 15) is 0 Å². The van der Waals surface area contributed by atoms with Crippen molar-refractivity contribution in [3.63, 3.8) is 0 Å². The van der Waals surface area contributed by atoms with E-state index in [1.54, 1.807) is 0 Å². The third-order valence-corrected chi connectivity index (χ3v) is 3.45. The number of hydrogen-bond acceptors (Lipinski definition) is 1. The second kappa shape index (κ2) is 5.23. The number of benzene rings is 2. The first-order valence-electron chi connectivity index (χ1n) is 6.78. The lowest BCUT2D eigenvalue weighted by molar-refractivity contribution is 0.987. The van der Waals surface area contributed by atoms with Crippen LogP contribution in [0.5, 0.6) is 0 Å². The van der Waals surface area contributed by atoms with E-state index in [2.05, 4.69) is 67.6 Å². The van der Waals surface area contributed by atoms with E-state index < -0.39 is 0 Å². The largest absolute Gasteiger partial charge is 0.257 e. The van der Waals surface area contributed by atoms with Crippen LogP contribution in [0.3, 0.4) is 0 Å². The number of hydrogen-bond donors (Lipinski definition) is 0. The van der Waals surface area contributed by atoms with Crippen LogP contribution in [0, 0.1) is 0 Å². The quantitative estimate of drug-likeness (QED) is 0.669. The molecule has 1 heterocycles. The van der Waals surface area contributed by atoms with Gasteiger partial charge in [0, 0.05) is 17.5 Å². The highest BCUT2D eigenvalue weighted by atomic mass is 14.7. The molecular formula is C18H17N. The SMILES string of the molecule is CCc1cc2ccccc2c(Cc2ccccc2)n1. The normalized spacial score (nSPS) is 10.8. The van der Waals surface area contributed by atoms with E-state index in [-0.39, 0.29) is 0 Å². The Morgan fingerprint density at radius 1 is 0.895 bits per heavy atom. The fourth-order valence-electron chi connectivity index (χ4n) is 2.44. The zero-order chi connectivity index (χ0) is 13.1. The van der Waals surface area contributed by atoms with Gasteiger partial charge in [0.2, 0.25) is 0 Å². The molecule has 0 fully saturated rings. The molecule has 0 unspecified atom stereocenters. The van der Waals surface area contributed by atoms with Crippen LogP contribution in [0.15, 0.2) is 60.7 Å². The van der Waals surface area contributed by atoms with Gasteiger partial charge < -0.3 is 0 Å². The number of rotatable bonds is 3. The number of aryl methyl sites for hydroxylation is 1. The maximum absolute atomic E-state index is 4.81. The molecular weight excluding hydrogens is 230 g/mol. The molecule has 0 aliphatic heterocycles. The second-order valence-corrected chi connectivity index (χ2v) is 4.80. The molecule has 0 amide bonds. The lowest BCUT2D eigenvalue weighted by Gasteiger charge is -2.08. The number of nitrogens with zero attached hydrogens (tertiary/aromatic N) is 1. The van der Waals surface area contributed by atoms with Crippen LogP contribution in [0.1, 0.15) is 23.9 Å². The predicted octanol–water partition coefficient (Wildman–Crippen LogP) is 4.39. The van der Waals surface area contributed by atoms with Crippen LogP contribution in [0.4, 0.5) is 0 Å². The standard InChI is InChI=1S/C18H17N/c1-2-16-13-15-10-6-7-11-17(15)18(19-16)12-14-8-4-3-5-9-14/h3-11,13H,2,12H2,1H3. The van der Waals surface area contributed by atoms with Crippen LogP contribution in [0.2, 0.25) is 0 Å². The Bertz CT molecular complexity index is 686. The van der Waals surface area contributed by atoms with Gasteiger partial charge in [0.05, 0.1) is 5.69 Å². The molecule has 0 aliphatic carbocycles. The minimum atomic E-state index is 0.898. The molecule has 2 aromatic carbocycles. The Morgan fingerprint density at radius 2 is 1.63 bits per heavy atom. The smallest absolute Gasteiger partial charge is 0.0528 e. The Balaban J connectivity index is 2.11. The van der Waals surface area contributed by atoms with Crippen LogP contribution in [0.25, 0.3) is 10.8 Å². The Kier molecular flexibility index (Phi) is 3.28. The molecule has 1 aromatic heterocycles. The fourth-order valence-corrected chi connectivity index (χ4v) is 2.44. The molecule has 0 spiro atoms. The van der Waals surface area contributed by atoms with Crippen LogP contribution < -0.4 is 0 Å². The average Bonchev–Trinajstić information content (AvgIpc) is 2.48. The first-order chi connectivity index (χ1) is 9.36. The summed E-state index contributed by atoms with van der Waals surface area (Å²) < 4.78 is 0. The summed E-state index contributed by atoms with van der Waals surface area (Å²) in [5, 5.41) is 2.56. The van der Waals surface area contributed by atoms with Gasteiger partial charge in [-0.1, -0.05) is 61.5 Å². The Morgan fingerprint density at radius 3 is 2.42 bits per heavy atom. The summed E-state index contributed by atoms with van der Waals surface area (Å²) in [5.41, 5.74) is 3.67. The van der Waals surface area contributed by atoms with Crippen molar-refractivity contribution in [2.24, 2.45) is 0 Å². The van der Waals surface area contributed by atoms with Gasteiger partial charge in [0.1, 0.15) is 0 Å². The molecule has 0 atom stereocenters. The zero-order valence-corrected chi connectivity index (χ0v) is 11.1. The third kappa shape index (κ3) is 2.50. The van der Waals surface area contributed by atoms with Crippen LogP contribution >= 0.6 is 0 Å². The first kappa shape index (κ1) is 11.9. The summed E-state index contributed by atoms with van der Waals surface area (Å²) in [6, 6.07) is 21.3. The molecule has 0 aliphatic rings. The summed E-state index contributed by atoms with van der Waals surface area (Å²) in [6.45, 7) is 2.16. The minimum absolute atomic E-state index is 0.898. The van der Waals surface area contributed by atoms with Crippen molar-refractivity contribution in [3.05, 3.63) is 77.6 Å². The highest BCUT2D eigenvalue weighted by molar-refractivity contribution is 5.85. The van der Waals surface area contributed by atoms with Crippen molar-refractivity contribution in [2.75, 3.05) is 0 Å². The predicted molar refractivity (Wildman–Crippen MR) is 80.4 cm³/mol. The molecule has 19 heavy (non-hydrogen) atoms. The molecule has 1 heteroatoms. The van der Waals surface area contributed by atoms with Crippen molar-refractivity contribution >= 4 is 10.8 Å². The van der Waals surface area contributed by atoms with E-state index in [1.165, 1.54) is 27.7 Å². The summed E-state index contributed by atoms with van der Waals surface area (Å²) >= 11 is 0. The molecule has 3 rings (SSSR count). The van der Waals surface area contributed by atoms with Gasteiger partial charge in [-0.05, 0) is 23.4 Å². The fraction of sp³-hybridized carbons (Fsp3) is 0.167. The highest BCUT2D eigenvalue weighted by Crippen LogP contribution is 2.21. The van der Waals surface area contributed by atoms with Gasteiger partial charge in [-0.3, -0.25) is 4.98 Å². The van der Waals surface area contributed by atoms with Gasteiger partial charge in [-0.15, -0.1) is 0 Å². The lowest BCUT2D eigenvalue weighted by atomic mass is 10.0. The van der Waals surface area contributed by atoms with E-state index >= 15 is 0 Å². The summed E-state index contributed by atoms with van der Waals surface area (Å²) in [5.74, 6) is 0. The van der Waals surface area contributed by atoms with Crippen molar-refractivity contribution in [2.45, 2.75) is 19.8 Å². The van der Waals surface area contributed by atoms with E-state index in [1.807, 2.05) is 0 Å². The maximum Gasteiger partial charge on any atom is 0.0528 e. The lowest BCUT2D eigenvalue weighted by Crippen LogP contribution is -1.98. The van der Waals surface area contributed by atoms with Crippen LogP contribution in [-0.2, 0) is 12.8 Å². The molecule has 1 nitrogen and oxygen atoms in total. The highest BCUT2D eigenvalue weighted by Gasteiger charge is 2.05. The minimum Gasteiger partial charge on any atom is -0.257 e. The van der Waals surface area contributed by atoms with Gasteiger partial charge >= 0.3 is 0 Å². The average molecular weight is 247 g/mol. The third-order valence-electron chi connectivity index (χ3n) is 3.45. The molecule has 0 bridgehead atoms. The topological polar surface area (TPSA) is 12.9 Å². The number of aromatic nitrogens is 1. The van der Waals surface area contributed by atoms with Gasteiger partial charge in [0.15, 0.2) is 0 Å². The number of pyridine rings is 1. The monoisotopic (exact) mass is 247 g/mol. The van der Waals surface area contributed by atoms with Gasteiger partial charge in [-0.25, -0.2) is 0 Å². The van der Waals surface area contributed by atoms with E-state index in [0.717, 1.165) is 12.8 Å². The van der Waals surface area contributed by atoms with Gasteiger partial charge in [0.25, 0.3) is 0 Å². The van der Waals surface area contributed by atoms with Crippen molar-refractivity contribution in [3.8, 4) is 0 Å². The zero-order valence-electron chi connectivity index (χ0n) is 11.1. The summed E-state index contributed by atoms with van der Waals surface area (Å²) in [6.07, 6.45) is 1.88. The Labute approximate surface area is 113 Å². The molecule has 0 saturated carbocycles. The molecule has 3 aromatic rings. The van der Waals surface area contributed by atoms with Crippen molar-refractivity contribution < 1.29 is 0 Å². The first-order valence-corrected chi connectivity index (χ1v) is 6.78. The van der Waals surface area contributed by atoms with Gasteiger partial charge in [-0.2, -0.15) is 0 Å². The maximum atomic E-state index is 4.81. The van der Waals surface area contributed by atoms with E-state index in [4.69, 9.17) is 4.98 Å². The summed E-state index contributed by atoms with van der Waals surface area (Å²) in [4.78, 5) is 4.81. The molecule has 0 radical (unpaired) electrons. The van der Waals surface area contributed by atoms with E-state index in [0.29, 0.717) is 0 Å². The summed E-state index contributed by atoms with van der Waals surface area (Å²) in [7, 11) is 0. The molecule has 0 N–H and O–H groups in total.